The van der Waals surface area contributed by atoms with E-state index in [1.165, 1.54) is 6.08 Å². The number of nitrogens with one attached hydrogen (secondary N) is 1. The van der Waals surface area contributed by atoms with Crippen LogP contribution < -0.4 is 5.32 Å². The molecule has 0 aliphatic heterocycles. The second-order valence-electron chi connectivity index (χ2n) is 4.91. The third-order valence-corrected chi connectivity index (χ3v) is 3.68. The lowest BCUT2D eigenvalue weighted by molar-refractivity contribution is -0.111. The van der Waals surface area contributed by atoms with Crippen LogP contribution in [0.5, 0.6) is 0 Å². The molecule has 2 nitrogen and oxygen atoms in total. The summed E-state index contributed by atoms with van der Waals surface area (Å²) in [4.78, 5) is 12.0. The van der Waals surface area contributed by atoms with E-state index in [9.17, 15) is 4.79 Å². The van der Waals surface area contributed by atoms with E-state index in [2.05, 4.69) is 5.32 Å². The second-order valence-corrected chi connectivity index (χ2v) is 5.31. The lowest BCUT2D eigenvalue weighted by atomic mass is 10.1. The maximum absolute atomic E-state index is 12.0. The molecule has 0 radical (unpaired) electrons. The summed E-state index contributed by atoms with van der Waals surface area (Å²) in [6.07, 6.45) is 3.19. The first-order valence-electron chi connectivity index (χ1n) is 6.95. The highest BCUT2D eigenvalue weighted by atomic mass is 35.5. The van der Waals surface area contributed by atoms with Crippen molar-refractivity contribution in [2.24, 2.45) is 0 Å². The molecule has 0 saturated heterocycles. The summed E-state index contributed by atoms with van der Waals surface area (Å²) in [7, 11) is 0. The van der Waals surface area contributed by atoms with E-state index in [4.69, 9.17) is 11.6 Å². The summed E-state index contributed by atoms with van der Waals surface area (Å²) in [5.74, 6) is -0.185. The Balaban J connectivity index is 1.74. The van der Waals surface area contributed by atoms with E-state index in [-0.39, 0.29) is 5.91 Å². The molecule has 0 spiro atoms. The van der Waals surface area contributed by atoms with Gasteiger partial charge in [0.05, 0.1) is 0 Å². The lowest BCUT2D eigenvalue weighted by Gasteiger charge is -2.04. The number of carbonyl (C=O) groups excluding carboxylic acids is 1. The Bertz CT molecular complexity index is 855. The van der Waals surface area contributed by atoms with E-state index >= 15 is 0 Å². The van der Waals surface area contributed by atoms with Crippen LogP contribution in [-0.4, -0.2) is 5.91 Å². The van der Waals surface area contributed by atoms with Crippen molar-refractivity contribution in [2.45, 2.75) is 0 Å². The third kappa shape index (κ3) is 3.35. The van der Waals surface area contributed by atoms with Crippen molar-refractivity contribution in [3.8, 4) is 0 Å². The number of fused-ring (bicyclic) bond motifs is 1. The van der Waals surface area contributed by atoms with Crippen molar-refractivity contribution < 1.29 is 4.79 Å². The summed E-state index contributed by atoms with van der Waals surface area (Å²) in [6, 6.07) is 21.3. The molecule has 0 heterocycles. The largest absolute Gasteiger partial charge is 0.322 e. The number of anilines is 1. The maximum Gasteiger partial charge on any atom is 0.248 e. The Morgan fingerprint density at radius 1 is 0.909 bits per heavy atom. The molecule has 0 aliphatic rings. The van der Waals surface area contributed by atoms with E-state index < -0.39 is 0 Å². The summed E-state index contributed by atoms with van der Waals surface area (Å²) in [6.45, 7) is 0. The Kier molecular flexibility index (Phi) is 4.22. The summed E-state index contributed by atoms with van der Waals surface area (Å²) in [5, 5.41) is 5.72. The topological polar surface area (TPSA) is 29.1 Å². The average Bonchev–Trinajstić information content (AvgIpc) is 2.54. The molecule has 22 heavy (non-hydrogen) atoms. The van der Waals surface area contributed by atoms with Crippen molar-refractivity contribution in [2.75, 3.05) is 5.32 Å². The van der Waals surface area contributed by atoms with Crippen LogP contribution in [0.3, 0.4) is 0 Å². The average molecular weight is 308 g/mol. The van der Waals surface area contributed by atoms with Crippen molar-refractivity contribution in [3.05, 3.63) is 83.4 Å². The summed E-state index contributed by atoms with van der Waals surface area (Å²) >= 11 is 6.05. The Morgan fingerprint density at radius 2 is 1.64 bits per heavy atom. The standard InChI is InChI=1S/C19H14ClNO/c20-18-8-4-3-6-15(18)10-12-19(22)21-17-11-9-14-5-1-2-7-16(14)13-17/h1-13H,(H,21,22). The normalized spacial score (nSPS) is 11.0. The van der Waals surface area contributed by atoms with Crippen molar-refractivity contribution >= 4 is 40.0 Å². The van der Waals surface area contributed by atoms with Crippen LogP contribution >= 0.6 is 11.6 Å². The van der Waals surface area contributed by atoms with Crippen LogP contribution in [0.25, 0.3) is 16.8 Å². The van der Waals surface area contributed by atoms with Crippen molar-refractivity contribution in [1.82, 2.24) is 0 Å². The van der Waals surface area contributed by atoms with Gasteiger partial charge < -0.3 is 5.32 Å². The van der Waals surface area contributed by atoms with Gasteiger partial charge in [0.15, 0.2) is 0 Å². The molecule has 3 aromatic rings. The van der Waals surface area contributed by atoms with Crippen LogP contribution in [0.4, 0.5) is 5.69 Å². The number of benzene rings is 3. The summed E-state index contributed by atoms with van der Waals surface area (Å²) < 4.78 is 0. The zero-order valence-corrected chi connectivity index (χ0v) is 12.5. The molecule has 3 aromatic carbocycles. The fraction of sp³-hybridized carbons (Fsp3) is 0. The number of rotatable bonds is 3. The molecule has 108 valence electrons. The molecular weight excluding hydrogens is 294 g/mol. The number of amides is 1. The van der Waals surface area contributed by atoms with Gasteiger partial charge in [-0.3, -0.25) is 4.79 Å². The van der Waals surface area contributed by atoms with Gasteiger partial charge in [0.1, 0.15) is 0 Å². The molecule has 0 bridgehead atoms. The highest BCUT2D eigenvalue weighted by Crippen LogP contribution is 2.19. The van der Waals surface area contributed by atoms with E-state index in [0.717, 1.165) is 22.0 Å². The first-order chi connectivity index (χ1) is 10.7. The molecule has 3 heteroatoms. The van der Waals surface area contributed by atoms with Gasteiger partial charge in [0, 0.05) is 16.8 Å². The van der Waals surface area contributed by atoms with Crippen LogP contribution in [0, 0.1) is 0 Å². The molecule has 3 rings (SSSR count). The van der Waals surface area contributed by atoms with Crippen LogP contribution in [0.2, 0.25) is 5.02 Å². The SMILES string of the molecule is O=C(C=Cc1ccccc1Cl)Nc1ccc2ccccc2c1. The first-order valence-corrected chi connectivity index (χ1v) is 7.32. The number of hydrogen-bond donors (Lipinski definition) is 1. The van der Waals surface area contributed by atoms with Gasteiger partial charge in [0.25, 0.3) is 0 Å². The number of hydrogen-bond acceptors (Lipinski definition) is 1. The third-order valence-electron chi connectivity index (χ3n) is 3.34. The van der Waals surface area contributed by atoms with Gasteiger partial charge >= 0.3 is 0 Å². The van der Waals surface area contributed by atoms with E-state index in [0.29, 0.717) is 5.02 Å². The number of halogens is 1. The maximum atomic E-state index is 12.0. The van der Waals surface area contributed by atoms with Gasteiger partial charge in [0.2, 0.25) is 5.91 Å². The molecule has 0 atom stereocenters. The lowest BCUT2D eigenvalue weighted by Crippen LogP contribution is -2.07. The molecule has 0 aromatic heterocycles. The van der Waals surface area contributed by atoms with E-state index in [1.807, 2.05) is 60.7 Å². The minimum absolute atomic E-state index is 0.185. The zero-order valence-electron chi connectivity index (χ0n) is 11.8. The fourth-order valence-electron chi connectivity index (χ4n) is 2.23. The molecule has 0 fully saturated rings. The second kappa shape index (κ2) is 6.46. The number of carbonyl (C=O) groups is 1. The Hall–Kier alpha value is -2.58. The van der Waals surface area contributed by atoms with Crippen LogP contribution in [0.1, 0.15) is 5.56 Å². The predicted octanol–water partition coefficient (Wildman–Crippen LogP) is 5.15. The van der Waals surface area contributed by atoms with Crippen LogP contribution in [0.15, 0.2) is 72.8 Å². The van der Waals surface area contributed by atoms with Gasteiger partial charge in [-0.25, -0.2) is 0 Å². The first kappa shape index (κ1) is 14.4. The summed E-state index contributed by atoms with van der Waals surface area (Å²) in [5.41, 5.74) is 1.59. The smallest absolute Gasteiger partial charge is 0.248 e. The zero-order chi connectivity index (χ0) is 15.4. The Labute approximate surface area is 134 Å². The minimum atomic E-state index is -0.185. The van der Waals surface area contributed by atoms with E-state index in [1.54, 1.807) is 12.1 Å². The fourth-order valence-corrected chi connectivity index (χ4v) is 2.43. The molecule has 1 N–H and O–H groups in total. The monoisotopic (exact) mass is 307 g/mol. The van der Waals surface area contributed by atoms with Gasteiger partial charge in [-0.1, -0.05) is 60.1 Å². The molecule has 0 aliphatic carbocycles. The van der Waals surface area contributed by atoms with Gasteiger partial charge in [-0.15, -0.1) is 0 Å². The highest BCUT2D eigenvalue weighted by molar-refractivity contribution is 6.32. The van der Waals surface area contributed by atoms with Gasteiger partial charge in [-0.2, -0.15) is 0 Å². The Morgan fingerprint density at radius 3 is 2.45 bits per heavy atom. The van der Waals surface area contributed by atoms with Crippen LogP contribution in [-0.2, 0) is 4.79 Å². The van der Waals surface area contributed by atoms with Gasteiger partial charge in [-0.05, 0) is 40.6 Å². The molecular formula is C19H14ClNO. The predicted molar refractivity (Wildman–Crippen MR) is 93.1 cm³/mol. The van der Waals surface area contributed by atoms with Crippen molar-refractivity contribution in [3.63, 3.8) is 0 Å². The highest BCUT2D eigenvalue weighted by Gasteiger charge is 2.00. The quantitative estimate of drug-likeness (QED) is 0.666. The minimum Gasteiger partial charge on any atom is -0.322 e. The molecule has 0 unspecified atom stereocenters. The molecule has 1 amide bonds. The van der Waals surface area contributed by atoms with Crippen molar-refractivity contribution in [1.29, 1.82) is 0 Å². The molecule has 0 saturated carbocycles.